The molecule has 3 rings (SSSR count). The van der Waals surface area contributed by atoms with Crippen molar-refractivity contribution in [2.75, 3.05) is 6.61 Å². The number of rotatable bonds is 5. The lowest BCUT2D eigenvalue weighted by Gasteiger charge is -2.04. The zero-order chi connectivity index (χ0) is 16.9. The first-order valence-electron chi connectivity index (χ1n) is 7.09. The molecule has 0 radical (unpaired) electrons. The van der Waals surface area contributed by atoms with E-state index in [0.717, 1.165) is 20.9 Å². The number of hydrogen-bond donors (Lipinski definition) is 2. The number of carbonyl (C=O) groups is 1. The van der Waals surface area contributed by atoms with Gasteiger partial charge in [0.15, 0.2) is 6.61 Å². The van der Waals surface area contributed by atoms with Gasteiger partial charge in [0, 0.05) is 33.2 Å². The van der Waals surface area contributed by atoms with Crippen LogP contribution in [0.25, 0.3) is 10.9 Å². The molecule has 0 unspecified atom stereocenters. The molecule has 0 aliphatic carbocycles. The molecule has 0 saturated carbocycles. The number of aromatic amines is 1. The number of halogens is 2. The Balaban J connectivity index is 1.57. The normalized spacial score (nSPS) is 11.1. The fraction of sp³-hybridized carbons (Fsp3) is 0.0588. The van der Waals surface area contributed by atoms with Crippen LogP contribution in [-0.4, -0.2) is 23.7 Å². The van der Waals surface area contributed by atoms with E-state index in [9.17, 15) is 9.18 Å². The van der Waals surface area contributed by atoms with Crippen LogP contribution in [0.5, 0.6) is 5.75 Å². The predicted molar refractivity (Wildman–Crippen MR) is 93.6 cm³/mol. The van der Waals surface area contributed by atoms with Crippen molar-refractivity contribution in [2.45, 2.75) is 0 Å². The molecule has 1 amide bonds. The minimum absolute atomic E-state index is 0.250. The third kappa shape index (κ3) is 3.99. The van der Waals surface area contributed by atoms with Crippen molar-refractivity contribution in [3.63, 3.8) is 0 Å². The summed E-state index contributed by atoms with van der Waals surface area (Å²) in [5, 5.41) is 4.89. The molecule has 5 nitrogen and oxygen atoms in total. The number of H-pyrrole nitrogens is 1. The van der Waals surface area contributed by atoms with E-state index in [1.54, 1.807) is 18.5 Å². The van der Waals surface area contributed by atoms with Gasteiger partial charge in [-0.3, -0.25) is 4.79 Å². The van der Waals surface area contributed by atoms with Crippen LogP contribution in [0.15, 0.2) is 58.2 Å². The summed E-state index contributed by atoms with van der Waals surface area (Å²) in [6.07, 6.45) is 3.35. The zero-order valence-electron chi connectivity index (χ0n) is 12.4. The molecule has 0 aliphatic rings. The van der Waals surface area contributed by atoms with Crippen LogP contribution in [0, 0.1) is 5.82 Å². The second-order valence-corrected chi connectivity index (χ2v) is 5.89. The second kappa shape index (κ2) is 7.27. The summed E-state index contributed by atoms with van der Waals surface area (Å²) >= 11 is 3.42. The highest BCUT2D eigenvalue weighted by atomic mass is 79.9. The van der Waals surface area contributed by atoms with E-state index in [1.165, 1.54) is 18.2 Å². The summed E-state index contributed by atoms with van der Waals surface area (Å²) in [6, 6.07) is 11.4. The molecule has 0 saturated heterocycles. The maximum atomic E-state index is 13.0. The zero-order valence-corrected chi connectivity index (χ0v) is 14.0. The number of amides is 1. The van der Waals surface area contributed by atoms with Gasteiger partial charge in [0.1, 0.15) is 11.6 Å². The van der Waals surface area contributed by atoms with Gasteiger partial charge in [-0.05, 0) is 30.3 Å². The van der Waals surface area contributed by atoms with E-state index in [-0.39, 0.29) is 12.4 Å². The monoisotopic (exact) mass is 389 g/mol. The highest BCUT2D eigenvalue weighted by Crippen LogP contribution is 2.21. The summed E-state index contributed by atoms with van der Waals surface area (Å²) < 4.78 is 19.1. The minimum atomic E-state index is -0.434. The fourth-order valence-corrected chi connectivity index (χ4v) is 2.49. The van der Waals surface area contributed by atoms with Crippen LogP contribution in [-0.2, 0) is 4.79 Å². The van der Waals surface area contributed by atoms with E-state index in [1.807, 2.05) is 18.2 Å². The number of nitrogens with one attached hydrogen (secondary N) is 2. The number of fused-ring (bicyclic) bond motifs is 1. The summed E-state index contributed by atoms with van der Waals surface area (Å²) in [5.74, 6) is -0.566. The van der Waals surface area contributed by atoms with Crippen LogP contribution in [0.3, 0.4) is 0 Å². The van der Waals surface area contributed by atoms with Crippen LogP contribution in [0.2, 0.25) is 0 Å². The maximum absolute atomic E-state index is 13.0. The van der Waals surface area contributed by atoms with E-state index in [0.29, 0.717) is 0 Å². The molecule has 0 atom stereocenters. The van der Waals surface area contributed by atoms with Gasteiger partial charge in [0.25, 0.3) is 5.91 Å². The lowest BCUT2D eigenvalue weighted by atomic mass is 10.2. The third-order valence-corrected chi connectivity index (χ3v) is 3.73. The Kier molecular flexibility index (Phi) is 4.90. The second-order valence-electron chi connectivity index (χ2n) is 4.97. The average molecular weight is 390 g/mol. The highest BCUT2D eigenvalue weighted by molar-refractivity contribution is 9.10. The van der Waals surface area contributed by atoms with Crippen molar-refractivity contribution in [3.05, 3.63) is 64.5 Å². The molecule has 2 N–H and O–H groups in total. The Bertz CT molecular complexity index is 908. The van der Waals surface area contributed by atoms with Crippen LogP contribution < -0.4 is 10.2 Å². The smallest absolute Gasteiger partial charge is 0.277 e. The molecule has 1 aromatic heterocycles. The number of carbonyl (C=O) groups excluding carboxylic acids is 1. The van der Waals surface area contributed by atoms with E-state index < -0.39 is 11.7 Å². The summed E-state index contributed by atoms with van der Waals surface area (Å²) in [4.78, 5) is 14.8. The first-order chi connectivity index (χ1) is 11.6. The molecule has 0 aliphatic heterocycles. The Hall–Kier alpha value is -2.67. The van der Waals surface area contributed by atoms with Crippen molar-refractivity contribution in [3.8, 4) is 5.75 Å². The highest BCUT2D eigenvalue weighted by Gasteiger charge is 2.04. The number of benzene rings is 2. The fourth-order valence-electron chi connectivity index (χ4n) is 2.13. The van der Waals surface area contributed by atoms with Gasteiger partial charge in [-0.2, -0.15) is 5.10 Å². The number of aromatic nitrogens is 1. The average Bonchev–Trinajstić information content (AvgIpc) is 2.95. The maximum Gasteiger partial charge on any atom is 0.277 e. The number of hydrazone groups is 1. The van der Waals surface area contributed by atoms with Gasteiger partial charge in [0.05, 0.1) is 6.21 Å². The molecule has 1 heterocycles. The predicted octanol–water partition coefficient (Wildman–Crippen LogP) is 3.60. The van der Waals surface area contributed by atoms with Crippen molar-refractivity contribution in [1.29, 1.82) is 0 Å². The van der Waals surface area contributed by atoms with Gasteiger partial charge in [-0.25, -0.2) is 9.82 Å². The molecule has 0 spiro atoms. The van der Waals surface area contributed by atoms with Crippen LogP contribution >= 0.6 is 15.9 Å². The SMILES string of the molecule is O=C(COc1cccc(F)c1)N/N=C/c1c[nH]c2ccc(Br)cc12. The Labute approximate surface area is 145 Å². The van der Waals surface area contributed by atoms with Crippen molar-refractivity contribution in [2.24, 2.45) is 5.10 Å². The number of hydrogen-bond acceptors (Lipinski definition) is 3. The Morgan fingerprint density at radius 1 is 1.33 bits per heavy atom. The quantitative estimate of drug-likeness (QED) is 0.517. The summed E-state index contributed by atoms with van der Waals surface area (Å²) in [6.45, 7) is -0.250. The van der Waals surface area contributed by atoms with E-state index in [4.69, 9.17) is 4.74 Å². The molecule has 3 aromatic rings. The third-order valence-electron chi connectivity index (χ3n) is 3.23. The van der Waals surface area contributed by atoms with Gasteiger partial charge >= 0.3 is 0 Å². The largest absolute Gasteiger partial charge is 0.484 e. The van der Waals surface area contributed by atoms with Crippen LogP contribution in [0.1, 0.15) is 5.56 Å². The van der Waals surface area contributed by atoms with Crippen molar-refractivity contribution < 1.29 is 13.9 Å². The lowest BCUT2D eigenvalue weighted by Crippen LogP contribution is -2.24. The molecule has 0 fully saturated rings. The topological polar surface area (TPSA) is 66.5 Å². The first kappa shape index (κ1) is 16.2. The van der Waals surface area contributed by atoms with Gasteiger partial charge in [-0.1, -0.05) is 22.0 Å². The van der Waals surface area contributed by atoms with Gasteiger partial charge in [-0.15, -0.1) is 0 Å². The molecule has 7 heteroatoms. The summed E-state index contributed by atoms with van der Waals surface area (Å²) in [7, 11) is 0. The molecular weight excluding hydrogens is 377 g/mol. The molecular formula is C17H13BrFN3O2. The molecule has 24 heavy (non-hydrogen) atoms. The molecule has 122 valence electrons. The first-order valence-corrected chi connectivity index (χ1v) is 7.88. The Morgan fingerprint density at radius 2 is 2.21 bits per heavy atom. The van der Waals surface area contributed by atoms with Crippen molar-refractivity contribution >= 4 is 39.0 Å². The number of ether oxygens (including phenoxy) is 1. The lowest BCUT2D eigenvalue weighted by molar-refractivity contribution is -0.123. The van der Waals surface area contributed by atoms with Crippen LogP contribution in [0.4, 0.5) is 4.39 Å². The molecule has 2 aromatic carbocycles. The minimum Gasteiger partial charge on any atom is -0.484 e. The Morgan fingerprint density at radius 3 is 3.04 bits per heavy atom. The molecule has 0 bridgehead atoms. The summed E-state index contributed by atoms with van der Waals surface area (Å²) in [5.41, 5.74) is 4.19. The van der Waals surface area contributed by atoms with Gasteiger partial charge < -0.3 is 9.72 Å². The van der Waals surface area contributed by atoms with Gasteiger partial charge in [0.2, 0.25) is 0 Å². The number of nitrogens with zero attached hydrogens (tertiary/aromatic N) is 1. The van der Waals surface area contributed by atoms with E-state index >= 15 is 0 Å². The standard InChI is InChI=1S/C17H13BrFN3O2/c18-12-4-5-16-15(6-12)11(8-20-16)9-21-22-17(23)10-24-14-3-1-2-13(19)7-14/h1-9,20H,10H2,(H,22,23)/b21-9+. The van der Waals surface area contributed by atoms with Crippen molar-refractivity contribution in [1.82, 2.24) is 10.4 Å². The van der Waals surface area contributed by atoms with E-state index in [2.05, 4.69) is 31.4 Å².